The Hall–Kier alpha value is -3.30. The van der Waals surface area contributed by atoms with Crippen molar-refractivity contribution in [2.45, 2.75) is 32.2 Å². The zero-order chi connectivity index (χ0) is 20.6. The molecule has 4 N–H and O–H groups in total. The van der Waals surface area contributed by atoms with E-state index in [2.05, 4.69) is 0 Å². The summed E-state index contributed by atoms with van der Waals surface area (Å²) < 4.78 is 15.7. The van der Waals surface area contributed by atoms with Crippen molar-refractivity contribution in [3.05, 3.63) is 41.5 Å². The molecule has 0 saturated carbocycles. The minimum absolute atomic E-state index is 0.00649. The maximum absolute atomic E-state index is 11.4. The van der Waals surface area contributed by atoms with Crippen molar-refractivity contribution in [3.63, 3.8) is 0 Å². The van der Waals surface area contributed by atoms with Crippen LogP contribution in [0.2, 0.25) is 0 Å². The van der Waals surface area contributed by atoms with Gasteiger partial charge in [-0.3, -0.25) is 9.59 Å². The molecule has 0 radical (unpaired) electrons. The molecule has 0 unspecified atom stereocenters. The molecule has 0 spiro atoms. The molecule has 9 heteroatoms. The van der Waals surface area contributed by atoms with Gasteiger partial charge in [0.25, 0.3) is 0 Å². The normalized spacial score (nSPS) is 20.6. The standard InChI is InChI=1S/C19H18O9/c1-8(20)26-13-4-3-10(5-14(13)27-9(2)21)19-18(25)17(24)16-12(23)6-11(22)7-15(16)28-19/h3-7,17-19,22-25H,1-2H3/t17-,18+,19-/m0/s1. The van der Waals surface area contributed by atoms with Crippen LogP contribution in [-0.4, -0.2) is 38.5 Å². The minimum Gasteiger partial charge on any atom is -0.508 e. The number of aliphatic hydroxyl groups excluding tert-OH is 2. The summed E-state index contributed by atoms with van der Waals surface area (Å²) in [7, 11) is 0. The Morgan fingerprint density at radius 1 is 0.964 bits per heavy atom. The van der Waals surface area contributed by atoms with E-state index in [0.717, 1.165) is 6.07 Å². The van der Waals surface area contributed by atoms with E-state index >= 15 is 0 Å². The third-order valence-corrected chi connectivity index (χ3v) is 4.09. The second kappa shape index (κ2) is 7.37. The van der Waals surface area contributed by atoms with Gasteiger partial charge in [0.1, 0.15) is 29.5 Å². The topological polar surface area (TPSA) is 143 Å². The maximum Gasteiger partial charge on any atom is 0.308 e. The van der Waals surface area contributed by atoms with Gasteiger partial charge >= 0.3 is 11.9 Å². The average molecular weight is 390 g/mol. The van der Waals surface area contributed by atoms with Crippen molar-refractivity contribution in [2.24, 2.45) is 0 Å². The molecular weight excluding hydrogens is 372 g/mol. The van der Waals surface area contributed by atoms with Crippen LogP contribution in [-0.2, 0) is 9.59 Å². The number of rotatable bonds is 3. The number of esters is 2. The Balaban J connectivity index is 2.02. The fourth-order valence-corrected chi connectivity index (χ4v) is 2.98. The Morgan fingerprint density at radius 3 is 2.25 bits per heavy atom. The van der Waals surface area contributed by atoms with E-state index in [0.29, 0.717) is 5.56 Å². The molecule has 1 aliphatic rings. The second-order valence-corrected chi connectivity index (χ2v) is 6.24. The van der Waals surface area contributed by atoms with Crippen molar-refractivity contribution in [1.82, 2.24) is 0 Å². The summed E-state index contributed by atoms with van der Waals surface area (Å²) in [5.41, 5.74) is 0.241. The summed E-state index contributed by atoms with van der Waals surface area (Å²) in [4.78, 5) is 22.6. The van der Waals surface area contributed by atoms with Gasteiger partial charge in [-0.15, -0.1) is 0 Å². The van der Waals surface area contributed by atoms with Crippen LogP contribution in [0.5, 0.6) is 28.7 Å². The molecule has 0 fully saturated rings. The highest BCUT2D eigenvalue weighted by atomic mass is 16.6. The van der Waals surface area contributed by atoms with Gasteiger partial charge in [0, 0.05) is 26.0 Å². The Labute approximate surface area is 159 Å². The molecule has 0 aliphatic carbocycles. The smallest absolute Gasteiger partial charge is 0.308 e. The van der Waals surface area contributed by atoms with Crippen LogP contribution in [0.3, 0.4) is 0 Å². The quantitative estimate of drug-likeness (QED) is 0.452. The molecule has 9 nitrogen and oxygen atoms in total. The van der Waals surface area contributed by atoms with E-state index in [1.807, 2.05) is 0 Å². The van der Waals surface area contributed by atoms with Crippen LogP contribution >= 0.6 is 0 Å². The number of benzene rings is 2. The van der Waals surface area contributed by atoms with Crippen LogP contribution in [0.15, 0.2) is 30.3 Å². The summed E-state index contributed by atoms with van der Waals surface area (Å²) in [6.45, 7) is 2.35. The Morgan fingerprint density at radius 2 is 1.61 bits per heavy atom. The van der Waals surface area contributed by atoms with Gasteiger partial charge in [0.2, 0.25) is 0 Å². The number of carbonyl (C=O) groups is 2. The van der Waals surface area contributed by atoms with Gasteiger partial charge in [-0.05, 0) is 17.7 Å². The lowest BCUT2D eigenvalue weighted by Gasteiger charge is -2.35. The summed E-state index contributed by atoms with van der Waals surface area (Å²) >= 11 is 0. The molecule has 0 bridgehead atoms. The fourth-order valence-electron chi connectivity index (χ4n) is 2.98. The van der Waals surface area contributed by atoms with E-state index in [-0.39, 0.29) is 28.6 Å². The van der Waals surface area contributed by atoms with Crippen molar-refractivity contribution in [2.75, 3.05) is 0 Å². The Bertz CT molecular complexity index is 937. The number of phenolic OH excluding ortho intramolecular Hbond substituents is 2. The maximum atomic E-state index is 11.4. The second-order valence-electron chi connectivity index (χ2n) is 6.24. The number of carbonyl (C=O) groups excluding carboxylic acids is 2. The summed E-state index contributed by atoms with van der Waals surface area (Å²) in [6.07, 6.45) is -4.10. The van der Waals surface area contributed by atoms with Gasteiger partial charge in [-0.25, -0.2) is 0 Å². The molecule has 0 amide bonds. The monoisotopic (exact) mass is 390 g/mol. The summed E-state index contributed by atoms with van der Waals surface area (Å²) in [5, 5.41) is 40.5. The van der Waals surface area contributed by atoms with Crippen molar-refractivity contribution in [1.29, 1.82) is 0 Å². The highest BCUT2D eigenvalue weighted by Crippen LogP contribution is 2.47. The number of ether oxygens (including phenoxy) is 3. The molecule has 1 heterocycles. The van der Waals surface area contributed by atoms with Crippen LogP contribution in [0.25, 0.3) is 0 Å². The SMILES string of the molecule is CC(=O)Oc1ccc([C@@H]2Oc3cc(O)cc(O)c3[C@H](O)[C@H]2O)cc1OC(C)=O. The molecule has 0 saturated heterocycles. The van der Waals surface area contributed by atoms with E-state index in [1.54, 1.807) is 0 Å². The van der Waals surface area contributed by atoms with E-state index in [4.69, 9.17) is 14.2 Å². The lowest BCUT2D eigenvalue weighted by Crippen LogP contribution is -2.34. The first-order chi connectivity index (χ1) is 13.2. The molecule has 3 rings (SSSR count). The molecular formula is C19H18O9. The zero-order valence-electron chi connectivity index (χ0n) is 14.9. The van der Waals surface area contributed by atoms with Crippen molar-refractivity contribution >= 4 is 11.9 Å². The number of fused-ring (bicyclic) bond motifs is 1. The predicted molar refractivity (Wildman–Crippen MR) is 93.2 cm³/mol. The number of hydrogen-bond acceptors (Lipinski definition) is 9. The summed E-state index contributed by atoms with van der Waals surface area (Å²) in [5.74, 6) is -2.09. The van der Waals surface area contributed by atoms with Crippen molar-refractivity contribution in [3.8, 4) is 28.7 Å². The van der Waals surface area contributed by atoms with E-state index in [9.17, 15) is 30.0 Å². The average Bonchev–Trinajstić information content (AvgIpc) is 2.58. The largest absolute Gasteiger partial charge is 0.508 e. The van der Waals surface area contributed by atoms with Gasteiger partial charge in [0.15, 0.2) is 17.6 Å². The fraction of sp³-hybridized carbons (Fsp3) is 0.263. The van der Waals surface area contributed by atoms with Crippen molar-refractivity contribution < 1.29 is 44.2 Å². The Kier molecular flexibility index (Phi) is 5.12. The van der Waals surface area contributed by atoms with Gasteiger partial charge in [-0.2, -0.15) is 0 Å². The number of phenols is 2. The molecule has 2 aromatic rings. The van der Waals surface area contributed by atoms with E-state index in [1.165, 1.54) is 38.1 Å². The lowest BCUT2D eigenvalue weighted by atomic mass is 9.91. The molecule has 1 aliphatic heterocycles. The van der Waals surface area contributed by atoms with Crippen LogP contribution in [0, 0.1) is 0 Å². The first-order valence-corrected chi connectivity index (χ1v) is 8.26. The molecule has 2 aromatic carbocycles. The van der Waals surface area contributed by atoms with Gasteiger partial charge in [0.05, 0.1) is 5.56 Å². The third kappa shape index (κ3) is 3.71. The highest BCUT2D eigenvalue weighted by Gasteiger charge is 2.39. The lowest BCUT2D eigenvalue weighted by molar-refractivity contribution is -0.134. The van der Waals surface area contributed by atoms with Crippen LogP contribution in [0.4, 0.5) is 0 Å². The molecule has 148 valence electrons. The van der Waals surface area contributed by atoms with Gasteiger partial charge in [-0.1, -0.05) is 6.07 Å². The van der Waals surface area contributed by atoms with Crippen LogP contribution in [0.1, 0.15) is 37.2 Å². The molecule has 28 heavy (non-hydrogen) atoms. The highest BCUT2D eigenvalue weighted by molar-refractivity contribution is 5.73. The van der Waals surface area contributed by atoms with Crippen LogP contribution < -0.4 is 14.2 Å². The summed E-state index contributed by atoms with van der Waals surface area (Å²) in [6, 6.07) is 6.35. The predicted octanol–water partition coefficient (Wildman–Crippen LogP) is 1.48. The van der Waals surface area contributed by atoms with Gasteiger partial charge < -0.3 is 34.6 Å². The first-order valence-electron chi connectivity index (χ1n) is 8.26. The van der Waals surface area contributed by atoms with E-state index < -0.39 is 36.0 Å². The third-order valence-electron chi connectivity index (χ3n) is 4.09. The number of aromatic hydroxyl groups is 2. The number of hydrogen-bond donors (Lipinski definition) is 4. The molecule has 0 aromatic heterocycles. The first kappa shape index (κ1) is 19.5. The number of aliphatic hydroxyl groups is 2. The zero-order valence-corrected chi connectivity index (χ0v) is 14.9. The molecule has 3 atom stereocenters. The minimum atomic E-state index is -1.50.